The molecule has 0 heterocycles. The Morgan fingerprint density at radius 2 is 1.50 bits per heavy atom. The maximum Gasteiger partial charge on any atom is 0.193 e. The molecule has 0 aliphatic carbocycles. The van der Waals surface area contributed by atoms with Crippen LogP contribution in [0.1, 0.15) is 11.1 Å². The van der Waals surface area contributed by atoms with Crippen molar-refractivity contribution in [1.82, 2.24) is 0 Å². The standard InChI is InChI=1S/C21H21N3O.HI/c22-21(24-19-11-5-2-6-12-19)23-15-18-10-7-13-20(14-18)25-16-17-8-3-1-4-9-17;/h1-14H,15-16H2,(H3,22,23,24);1H. The minimum atomic E-state index is 0. The van der Waals surface area contributed by atoms with Gasteiger partial charge in [0.1, 0.15) is 12.4 Å². The molecule has 0 atom stereocenters. The van der Waals surface area contributed by atoms with Gasteiger partial charge < -0.3 is 15.8 Å². The summed E-state index contributed by atoms with van der Waals surface area (Å²) in [5, 5.41) is 3.07. The molecular weight excluding hydrogens is 437 g/mol. The molecule has 0 aromatic heterocycles. The van der Waals surface area contributed by atoms with Crippen molar-refractivity contribution < 1.29 is 4.74 Å². The number of rotatable bonds is 6. The molecule has 0 aliphatic heterocycles. The normalized spacial score (nSPS) is 10.7. The summed E-state index contributed by atoms with van der Waals surface area (Å²) in [4.78, 5) is 4.38. The predicted molar refractivity (Wildman–Crippen MR) is 118 cm³/mol. The summed E-state index contributed by atoms with van der Waals surface area (Å²) >= 11 is 0. The van der Waals surface area contributed by atoms with Crippen LogP contribution in [0.5, 0.6) is 5.75 Å². The van der Waals surface area contributed by atoms with Crippen molar-refractivity contribution >= 4 is 35.6 Å². The molecule has 0 bridgehead atoms. The summed E-state index contributed by atoms with van der Waals surface area (Å²) in [6.07, 6.45) is 0. The summed E-state index contributed by atoms with van der Waals surface area (Å²) in [5.41, 5.74) is 9.04. The number of aliphatic imine (C=N–C) groups is 1. The van der Waals surface area contributed by atoms with Crippen LogP contribution in [0, 0.1) is 0 Å². The number of nitrogens with two attached hydrogens (primary N) is 1. The van der Waals surface area contributed by atoms with Crippen LogP contribution in [0.4, 0.5) is 5.69 Å². The van der Waals surface area contributed by atoms with Crippen molar-refractivity contribution in [3.8, 4) is 5.75 Å². The van der Waals surface area contributed by atoms with Crippen LogP contribution < -0.4 is 15.8 Å². The van der Waals surface area contributed by atoms with E-state index >= 15 is 0 Å². The number of ether oxygens (including phenoxy) is 1. The fraction of sp³-hybridized carbons (Fsp3) is 0.0952. The molecule has 0 unspecified atom stereocenters. The highest BCUT2D eigenvalue weighted by molar-refractivity contribution is 14.0. The molecule has 26 heavy (non-hydrogen) atoms. The Hall–Kier alpha value is -2.54. The molecule has 3 aromatic rings. The van der Waals surface area contributed by atoms with E-state index in [1.54, 1.807) is 0 Å². The van der Waals surface area contributed by atoms with Crippen LogP contribution in [-0.4, -0.2) is 5.96 Å². The van der Waals surface area contributed by atoms with E-state index in [4.69, 9.17) is 10.5 Å². The van der Waals surface area contributed by atoms with Gasteiger partial charge in [0.25, 0.3) is 0 Å². The van der Waals surface area contributed by atoms with Crippen LogP contribution >= 0.6 is 24.0 Å². The maximum absolute atomic E-state index is 5.93. The van der Waals surface area contributed by atoms with Crippen LogP contribution in [0.2, 0.25) is 0 Å². The van der Waals surface area contributed by atoms with Gasteiger partial charge in [0.15, 0.2) is 5.96 Å². The molecular formula is C21H22IN3O. The average Bonchev–Trinajstić information content (AvgIpc) is 2.67. The van der Waals surface area contributed by atoms with Crippen molar-refractivity contribution in [3.63, 3.8) is 0 Å². The molecule has 3 N–H and O–H groups in total. The van der Waals surface area contributed by atoms with Gasteiger partial charge in [-0.2, -0.15) is 0 Å². The van der Waals surface area contributed by atoms with E-state index in [-0.39, 0.29) is 24.0 Å². The van der Waals surface area contributed by atoms with Crippen molar-refractivity contribution in [1.29, 1.82) is 0 Å². The van der Waals surface area contributed by atoms with Gasteiger partial charge in [0.2, 0.25) is 0 Å². The monoisotopic (exact) mass is 459 g/mol. The van der Waals surface area contributed by atoms with E-state index in [1.165, 1.54) is 0 Å². The zero-order chi connectivity index (χ0) is 17.3. The minimum Gasteiger partial charge on any atom is -0.489 e. The third-order valence-electron chi connectivity index (χ3n) is 3.62. The molecule has 0 aliphatic rings. The van der Waals surface area contributed by atoms with Crippen LogP contribution in [0.15, 0.2) is 89.9 Å². The number of nitrogens with zero attached hydrogens (tertiary/aromatic N) is 1. The second-order valence-corrected chi connectivity index (χ2v) is 5.61. The van der Waals surface area contributed by atoms with Gasteiger partial charge in [-0.3, -0.25) is 0 Å². The number of hydrogen-bond donors (Lipinski definition) is 2. The second-order valence-electron chi connectivity index (χ2n) is 5.61. The predicted octanol–water partition coefficient (Wildman–Crippen LogP) is 4.81. The summed E-state index contributed by atoms with van der Waals surface area (Å²) < 4.78 is 5.84. The molecule has 3 aromatic carbocycles. The number of nitrogens with one attached hydrogen (secondary N) is 1. The zero-order valence-corrected chi connectivity index (χ0v) is 16.7. The van der Waals surface area contributed by atoms with Gasteiger partial charge in [0, 0.05) is 5.69 Å². The number of benzene rings is 3. The molecule has 134 valence electrons. The Balaban J connectivity index is 0.00000243. The fourth-order valence-electron chi connectivity index (χ4n) is 2.36. The summed E-state index contributed by atoms with van der Waals surface area (Å²) in [7, 11) is 0. The van der Waals surface area contributed by atoms with E-state index in [0.717, 1.165) is 22.6 Å². The van der Waals surface area contributed by atoms with Crippen molar-refractivity contribution in [2.75, 3.05) is 5.32 Å². The Bertz CT molecular complexity index is 823. The number of anilines is 1. The summed E-state index contributed by atoms with van der Waals surface area (Å²) in [6.45, 7) is 1.04. The third kappa shape index (κ3) is 6.40. The lowest BCUT2D eigenvalue weighted by Gasteiger charge is -2.08. The third-order valence-corrected chi connectivity index (χ3v) is 3.62. The van der Waals surface area contributed by atoms with Gasteiger partial charge in [0.05, 0.1) is 6.54 Å². The van der Waals surface area contributed by atoms with E-state index in [9.17, 15) is 0 Å². The molecule has 5 heteroatoms. The molecule has 0 saturated heterocycles. The molecule has 0 radical (unpaired) electrons. The van der Waals surface area contributed by atoms with Gasteiger partial charge in [-0.25, -0.2) is 4.99 Å². The van der Waals surface area contributed by atoms with E-state index < -0.39 is 0 Å². The molecule has 3 rings (SSSR count). The number of halogens is 1. The van der Waals surface area contributed by atoms with Gasteiger partial charge >= 0.3 is 0 Å². The molecule has 0 amide bonds. The Morgan fingerprint density at radius 3 is 2.23 bits per heavy atom. The second kappa shape index (κ2) is 10.5. The minimum absolute atomic E-state index is 0. The largest absolute Gasteiger partial charge is 0.489 e. The molecule has 0 spiro atoms. The number of hydrogen-bond acceptors (Lipinski definition) is 2. The van der Waals surface area contributed by atoms with Crippen LogP contribution in [0.25, 0.3) is 0 Å². The molecule has 4 nitrogen and oxygen atoms in total. The first-order valence-corrected chi connectivity index (χ1v) is 8.17. The fourth-order valence-corrected chi connectivity index (χ4v) is 2.36. The lowest BCUT2D eigenvalue weighted by molar-refractivity contribution is 0.306. The van der Waals surface area contributed by atoms with Crippen LogP contribution in [-0.2, 0) is 13.2 Å². The van der Waals surface area contributed by atoms with Crippen molar-refractivity contribution in [2.45, 2.75) is 13.2 Å². The summed E-state index contributed by atoms with van der Waals surface area (Å²) in [5.74, 6) is 1.22. The first-order valence-electron chi connectivity index (χ1n) is 8.17. The Kier molecular flexibility index (Phi) is 7.95. The van der Waals surface area contributed by atoms with Gasteiger partial charge in [-0.1, -0.05) is 60.7 Å². The SMILES string of the molecule is I.NC(=NCc1cccc(OCc2ccccc2)c1)Nc1ccccc1. The van der Waals surface area contributed by atoms with Crippen molar-refractivity contribution in [2.24, 2.45) is 10.7 Å². The molecule has 0 saturated carbocycles. The van der Waals surface area contributed by atoms with E-state index in [0.29, 0.717) is 19.1 Å². The van der Waals surface area contributed by atoms with Gasteiger partial charge in [-0.05, 0) is 35.4 Å². The quantitative estimate of drug-likeness (QED) is 0.316. The van der Waals surface area contributed by atoms with Gasteiger partial charge in [-0.15, -0.1) is 24.0 Å². The topological polar surface area (TPSA) is 59.6 Å². The Labute approximate surface area is 171 Å². The Morgan fingerprint density at radius 1 is 0.846 bits per heavy atom. The maximum atomic E-state index is 5.93. The lowest BCUT2D eigenvalue weighted by atomic mass is 10.2. The smallest absolute Gasteiger partial charge is 0.193 e. The first kappa shape index (κ1) is 19.8. The average molecular weight is 459 g/mol. The zero-order valence-electron chi connectivity index (χ0n) is 14.3. The highest BCUT2D eigenvalue weighted by Gasteiger charge is 1.99. The number of guanidine groups is 1. The van der Waals surface area contributed by atoms with Crippen molar-refractivity contribution in [3.05, 3.63) is 96.1 Å². The highest BCUT2D eigenvalue weighted by atomic mass is 127. The highest BCUT2D eigenvalue weighted by Crippen LogP contribution is 2.16. The first-order chi connectivity index (χ1) is 12.3. The molecule has 0 fully saturated rings. The van der Waals surface area contributed by atoms with E-state index in [1.807, 2.05) is 84.9 Å². The van der Waals surface area contributed by atoms with E-state index in [2.05, 4.69) is 10.3 Å². The van der Waals surface area contributed by atoms with Crippen LogP contribution in [0.3, 0.4) is 0 Å². The lowest BCUT2D eigenvalue weighted by Crippen LogP contribution is -2.22. The summed E-state index contributed by atoms with van der Waals surface area (Å²) in [6, 6.07) is 27.8. The number of para-hydroxylation sites is 1.